The SMILES string of the molecule is O[C@H]1CCC[NH+](Cn2nc3n(c2=S)CCCCC3)C1. The Morgan fingerprint density at radius 3 is 3.05 bits per heavy atom. The molecule has 0 aliphatic carbocycles. The van der Waals surface area contributed by atoms with Gasteiger partial charge in [-0.05, 0) is 37.9 Å². The van der Waals surface area contributed by atoms with Crippen LogP contribution in [0.2, 0.25) is 0 Å². The molecule has 2 atom stereocenters. The van der Waals surface area contributed by atoms with Gasteiger partial charge in [0.15, 0.2) is 6.67 Å². The third-order valence-electron chi connectivity index (χ3n) is 4.25. The van der Waals surface area contributed by atoms with Crippen molar-refractivity contribution in [1.29, 1.82) is 0 Å². The van der Waals surface area contributed by atoms with E-state index < -0.39 is 0 Å². The molecule has 0 saturated carbocycles. The monoisotopic (exact) mass is 283 g/mol. The zero-order valence-electron chi connectivity index (χ0n) is 11.3. The fraction of sp³-hybridized carbons (Fsp3) is 0.846. The Labute approximate surface area is 118 Å². The molecule has 6 heteroatoms. The first-order chi connectivity index (χ1) is 9.24. The van der Waals surface area contributed by atoms with E-state index in [1.165, 1.54) is 24.2 Å². The van der Waals surface area contributed by atoms with Crippen LogP contribution in [-0.4, -0.2) is 38.6 Å². The summed E-state index contributed by atoms with van der Waals surface area (Å²) in [5, 5.41) is 14.4. The Morgan fingerprint density at radius 2 is 2.21 bits per heavy atom. The summed E-state index contributed by atoms with van der Waals surface area (Å²) in [4.78, 5) is 1.39. The number of aromatic nitrogens is 3. The second-order valence-electron chi connectivity index (χ2n) is 5.82. The molecule has 2 N–H and O–H groups in total. The Morgan fingerprint density at radius 1 is 1.32 bits per heavy atom. The van der Waals surface area contributed by atoms with Crippen LogP contribution in [0.15, 0.2) is 0 Å². The molecule has 1 aromatic heterocycles. The molecule has 3 rings (SSSR count). The van der Waals surface area contributed by atoms with Crippen molar-refractivity contribution >= 4 is 12.2 Å². The topological polar surface area (TPSA) is 47.4 Å². The number of likely N-dealkylation sites (tertiary alicyclic amines) is 1. The molecule has 0 amide bonds. The second kappa shape index (κ2) is 5.73. The van der Waals surface area contributed by atoms with Crippen LogP contribution in [0.3, 0.4) is 0 Å². The molecule has 0 aromatic carbocycles. The van der Waals surface area contributed by atoms with Crippen molar-refractivity contribution in [1.82, 2.24) is 14.3 Å². The summed E-state index contributed by atoms with van der Waals surface area (Å²) in [6.45, 7) is 3.76. The third kappa shape index (κ3) is 2.90. The Balaban J connectivity index is 1.76. The van der Waals surface area contributed by atoms with E-state index in [9.17, 15) is 5.11 Å². The average Bonchev–Trinajstić information content (AvgIpc) is 2.58. The van der Waals surface area contributed by atoms with Gasteiger partial charge in [0.05, 0.1) is 6.54 Å². The predicted molar refractivity (Wildman–Crippen MR) is 74.5 cm³/mol. The Kier molecular flexibility index (Phi) is 4.00. The lowest BCUT2D eigenvalue weighted by atomic mass is 10.1. The lowest BCUT2D eigenvalue weighted by molar-refractivity contribution is -0.931. The molecule has 2 aliphatic heterocycles. The highest BCUT2D eigenvalue weighted by atomic mass is 32.1. The summed E-state index contributed by atoms with van der Waals surface area (Å²) in [7, 11) is 0. The van der Waals surface area contributed by atoms with Crippen LogP contribution in [0.4, 0.5) is 0 Å². The van der Waals surface area contributed by atoms with Gasteiger partial charge < -0.3 is 14.6 Å². The maximum atomic E-state index is 9.74. The molecule has 1 aromatic rings. The van der Waals surface area contributed by atoms with Gasteiger partial charge in [0, 0.05) is 13.0 Å². The van der Waals surface area contributed by atoms with Gasteiger partial charge in [-0.3, -0.25) is 0 Å². The molecule has 1 fully saturated rings. The highest BCUT2D eigenvalue weighted by Crippen LogP contribution is 2.13. The number of hydrogen-bond acceptors (Lipinski definition) is 3. The van der Waals surface area contributed by atoms with E-state index in [4.69, 9.17) is 17.3 Å². The maximum Gasteiger partial charge on any atom is 0.202 e. The number of quaternary nitrogens is 1. The van der Waals surface area contributed by atoms with Crippen molar-refractivity contribution in [3.8, 4) is 0 Å². The van der Waals surface area contributed by atoms with Gasteiger partial charge in [0.2, 0.25) is 4.77 Å². The number of nitrogens with zero attached hydrogens (tertiary/aromatic N) is 3. The molecule has 3 heterocycles. The zero-order valence-corrected chi connectivity index (χ0v) is 12.2. The second-order valence-corrected chi connectivity index (χ2v) is 6.18. The summed E-state index contributed by atoms with van der Waals surface area (Å²) < 4.78 is 5.05. The largest absolute Gasteiger partial charge is 0.387 e. The summed E-state index contributed by atoms with van der Waals surface area (Å²) in [6.07, 6.45) is 6.64. The normalized spacial score (nSPS) is 27.8. The minimum Gasteiger partial charge on any atom is -0.387 e. The lowest BCUT2D eigenvalue weighted by Crippen LogP contribution is -3.13. The molecule has 1 unspecified atom stereocenters. The molecule has 19 heavy (non-hydrogen) atoms. The van der Waals surface area contributed by atoms with Gasteiger partial charge in [0.1, 0.15) is 18.5 Å². The minimum absolute atomic E-state index is 0.154. The van der Waals surface area contributed by atoms with Crippen LogP contribution in [-0.2, 0) is 19.6 Å². The number of fused-ring (bicyclic) bond motifs is 1. The molecule has 0 bridgehead atoms. The maximum absolute atomic E-state index is 9.74. The van der Waals surface area contributed by atoms with Crippen LogP contribution in [0.25, 0.3) is 0 Å². The van der Waals surface area contributed by atoms with Gasteiger partial charge in [0.25, 0.3) is 0 Å². The molecule has 0 spiro atoms. The first-order valence-corrected chi connectivity index (χ1v) is 7.83. The number of aliphatic hydroxyl groups excluding tert-OH is 1. The quantitative estimate of drug-likeness (QED) is 0.759. The van der Waals surface area contributed by atoms with E-state index in [2.05, 4.69) is 4.57 Å². The van der Waals surface area contributed by atoms with Gasteiger partial charge in [-0.15, -0.1) is 0 Å². The van der Waals surface area contributed by atoms with Crippen molar-refractivity contribution in [3.63, 3.8) is 0 Å². The smallest absolute Gasteiger partial charge is 0.202 e. The first kappa shape index (κ1) is 13.3. The van der Waals surface area contributed by atoms with Crippen molar-refractivity contribution in [2.45, 2.75) is 57.8 Å². The average molecular weight is 283 g/mol. The van der Waals surface area contributed by atoms with Crippen LogP contribution in [0, 0.1) is 4.77 Å². The van der Waals surface area contributed by atoms with Gasteiger partial charge in [-0.2, -0.15) is 9.78 Å². The molecule has 5 nitrogen and oxygen atoms in total. The first-order valence-electron chi connectivity index (χ1n) is 7.42. The number of piperidine rings is 1. The van der Waals surface area contributed by atoms with Crippen molar-refractivity contribution in [3.05, 3.63) is 10.6 Å². The molecule has 106 valence electrons. The Bertz CT molecular complexity index is 495. The van der Waals surface area contributed by atoms with Crippen molar-refractivity contribution in [2.75, 3.05) is 13.1 Å². The Hall–Kier alpha value is -0.720. The molecular weight excluding hydrogens is 260 g/mol. The van der Waals surface area contributed by atoms with E-state index in [-0.39, 0.29) is 6.10 Å². The number of aliphatic hydroxyl groups is 1. The van der Waals surface area contributed by atoms with Gasteiger partial charge in [-0.1, -0.05) is 6.42 Å². The van der Waals surface area contributed by atoms with E-state index in [0.717, 1.165) is 56.2 Å². The highest BCUT2D eigenvalue weighted by Gasteiger charge is 2.23. The van der Waals surface area contributed by atoms with E-state index in [1.54, 1.807) is 0 Å². The summed E-state index contributed by atoms with van der Waals surface area (Å²) >= 11 is 5.56. The molecular formula is C13H23N4OS+. The van der Waals surface area contributed by atoms with E-state index >= 15 is 0 Å². The van der Waals surface area contributed by atoms with E-state index in [0.29, 0.717) is 0 Å². The van der Waals surface area contributed by atoms with Crippen molar-refractivity contribution < 1.29 is 10.0 Å². The predicted octanol–water partition coefficient (Wildman–Crippen LogP) is 0.138. The molecule has 2 aliphatic rings. The molecule has 0 radical (unpaired) electrons. The number of hydrogen-bond donors (Lipinski definition) is 2. The lowest BCUT2D eigenvalue weighted by Gasteiger charge is -2.26. The molecule has 1 saturated heterocycles. The van der Waals surface area contributed by atoms with Gasteiger partial charge in [-0.25, -0.2) is 0 Å². The fourth-order valence-corrected chi connectivity index (χ4v) is 3.51. The van der Waals surface area contributed by atoms with Gasteiger partial charge >= 0.3 is 0 Å². The van der Waals surface area contributed by atoms with Crippen LogP contribution >= 0.6 is 12.2 Å². The van der Waals surface area contributed by atoms with Crippen LogP contribution in [0.1, 0.15) is 37.9 Å². The van der Waals surface area contributed by atoms with E-state index in [1.807, 2.05) is 4.68 Å². The summed E-state index contributed by atoms with van der Waals surface area (Å²) in [6, 6.07) is 0. The summed E-state index contributed by atoms with van der Waals surface area (Å²) in [5.74, 6) is 1.15. The number of nitrogens with one attached hydrogen (secondary N) is 1. The standard InChI is InChI=1S/C13H22N4OS/c18-11-5-4-7-15(9-11)10-17-13(19)16-8-3-1-2-6-12(16)14-17/h11,18H,1-10H2/p+1/t11-/m0/s1. The van der Waals surface area contributed by atoms with Crippen molar-refractivity contribution in [2.24, 2.45) is 0 Å². The number of aryl methyl sites for hydroxylation is 1. The summed E-state index contributed by atoms with van der Waals surface area (Å²) in [5.41, 5.74) is 0. The van der Waals surface area contributed by atoms with Crippen LogP contribution in [0.5, 0.6) is 0 Å². The number of rotatable bonds is 2. The fourth-order valence-electron chi connectivity index (χ4n) is 3.21. The van der Waals surface area contributed by atoms with Crippen LogP contribution < -0.4 is 4.90 Å². The zero-order chi connectivity index (χ0) is 13.2. The third-order valence-corrected chi connectivity index (χ3v) is 4.68. The minimum atomic E-state index is -0.154. The highest BCUT2D eigenvalue weighted by molar-refractivity contribution is 7.71.